The Bertz CT molecular complexity index is 997. The molecule has 0 saturated heterocycles. The molecule has 0 atom stereocenters. The van der Waals surface area contributed by atoms with Crippen LogP contribution in [0.2, 0.25) is 0 Å². The fourth-order valence-electron chi connectivity index (χ4n) is 2.49. The number of methoxy groups -OCH3 is 1. The van der Waals surface area contributed by atoms with Gasteiger partial charge in [0.05, 0.1) is 12.7 Å². The fraction of sp³-hybridized carbons (Fsp3) is 0.0455. The van der Waals surface area contributed by atoms with E-state index in [9.17, 15) is 4.79 Å². The van der Waals surface area contributed by atoms with Crippen LogP contribution in [0.1, 0.15) is 0 Å². The maximum atomic E-state index is 12.4. The molecule has 3 aromatic rings. The highest BCUT2D eigenvalue weighted by Gasteiger charge is 2.08. The number of hydrogen-bond donors (Lipinski definition) is 2. The summed E-state index contributed by atoms with van der Waals surface area (Å²) in [6.45, 7) is 0. The van der Waals surface area contributed by atoms with E-state index >= 15 is 0 Å². The summed E-state index contributed by atoms with van der Waals surface area (Å²) in [6.07, 6.45) is 4.15. The molecule has 2 aromatic carbocycles. The minimum atomic E-state index is -0.360. The fourth-order valence-corrected chi connectivity index (χ4v) is 2.49. The summed E-state index contributed by atoms with van der Waals surface area (Å²) < 4.78 is 5.12. The van der Waals surface area contributed by atoms with Crippen molar-refractivity contribution in [1.82, 2.24) is 4.98 Å². The molecule has 1 heterocycles. The zero-order valence-electron chi connectivity index (χ0n) is 15.4. The van der Waals surface area contributed by atoms with Gasteiger partial charge in [0.15, 0.2) is 5.82 Å². The van der Waals surface area contributed by atoms with E-state index in [4.69, 9.17) is 10.5 Å². The second kappa shape index (κ2) is 9.14. The highest BCUT2D eigenvalue weighted by molar-refractivity contribution is 6.18. The van der Waals surface area contributed by atoms with Gasteiger partial charge in [-0.15, -0.1) is 0 Å². The first-order valence-corrected chi connectivity index (χ1v) is 8.62. The number of benzene rings is 2. The van der Waals surface area contributed by atoms with E-state index in [1.165, 1.54) is 12.4 Å². The molecule has 3 N–H and O–H groups in total. The van der Waals surface area contributed by atoms with Gasteiger partial charge in [-0.3, -0.25) is 4.79 Å². The third-order valence-electron chi connectivity index (χ3n) is 3.98. The number of amides is 1. The van der Waals surface area contributed by atoms with Gasteiger partial charge in [0, 0.05) is 30.4 Å². The first-order valence-electron chi connectivity index (χ1n) is 8.62. The summed E-state index contributed by atoms with van der Waals surface area (Å²) in [5, 5.41) is 2.81. The van der Waals surface area contributed by atoms with Gasteiger partial charge in [-0.25, -0.2) is 9.98 Å². The van der Waals surface area contributed by atoms with Crippen LogP contribution < -0.4 is 15.8 Å². The van der Waals surface area contributed by atoms with E-state index < -0.39 is 0 Å². The topological polar surface area (TPSA) is 89.6 Å². The molecule has 28 heavy (non-hydrogen) atoms. The Balaban J connectivity index is 1.67. The van der Waals surface area contributed by atoms with Crippen molar-refractivity contribution in [2.24, 2.45) is 10.7 Å². The predicted octanol–water partition coefficient (Wildman–Crippen LogP) is 3.94. The monoisotopic (exact) mass is 372 g/mol. The lowest BCUT2D eigenvalue weighted by molar-refractivity contribution is -0.112. The zero-order valence-corrected chi connectivity index (χ0v) is 15.4. The second-order valence-corrected chi connectivity index (χ2v) is 5.83. The summed E-state index contributed by atoms with van der Waals surface area (Å²) in [5.74, 6) is 0.684. The molecule has 0 bridgehead atoms. The lowest BCUT2D eigenvalue weighted by Gasteiger charge is -2.07. The van der Waals surface area contributed by atoms with Crippen LogP contribution in [0.15, 0.2) is 89.7 Å². The third-order valence-corrected chi connectivity index (χ3v) is 3.98. The molecule has 0 aliphatic heterocycles. The molecule has 140 valence electrons. The molecule has 1 aromatic heterocycles. The molecular weight excluding hydrogens is 352 g/mol. The normalized spacial score (nSPS) is 11.4. The number of ether oxygens (including phenoxy) is 1. The molecular formula is C22H20N4O2. The number of nitrogens with one attached hydrogen (secondary N) is 1. The molecule has 3 rings (SSSR count). The average Bonchev–Trinajstić information content (AvgIpc) is 2.75. The van der Waals surface area contributed by atoms with Crippen molar-refractivity contribution in [3.63, 3.8) is 0 Å². The minimum absolute atomic E-state index is 0.219. The molecule has 1 amide bonds. The van der Waals surface area contributed by atoms with Crippen LogP contribution in [0, 0.1) is 0 Å². The standard InChI is InChI=1S/C22H20N4O2/c1-28-20-11-12-24-21(13-20)25-15-18(14-23)22(27)26-19-9-7-17(8-10-19)16-5-3-2-4-6-16/h2-15H,23H2,1H3,(H,26,27)/b18-14+,25-15?. The molecule has 6 heteroatoms. The number of anilines is 1. The third kappa shape index (κ3) is 4.82. The van der Waals surface area contributed by atoms with Crippen LogP contribution in [-0.4, -0.2) is 24.2 Å². The van der Waals surface area contributed by atoms with Crippen LogP contribution >= 0.6 is 0 Å². The highest BCUT2D eigenvalue weighted by Crippen LogP contribution is 2.21. The van der Waals surface area contributed by atoms with Crippen LogP contribution in [0.4, 0.5) is 11.5 Å². The first-order chi connectivity index (χ1) is 13.7. The number of rotatable bonds is 6. The zero-order chi connectivity index (χ0) is 19.8. The van der Waals surface area contributed by atoms with Gasteiger partial charge in [-0.05, 0) is 29.3 Å². The van der Waals surface area contributed by atoms with E-state index in [1.54, 1.807) is 25.4 Å². The summed E-state index contributed by atoms with van der Waals surface area (Å²) in [7, 11) is 1.56. The molecule has 0 spiro atoms. The van der Waals surface area contributed by atoms with Crippen molar-refractivity contribution in [1.29, 1.82) is 0 Å². The average molecular weight is 372 g/mol. The Morgan fingerprint density at radius 2 is 1.79 bits per heavy atom. The Morgan fingerprint density at radius 3 is 2.46 bits per heavy atom. The summed E-state index contributed by atoms with van der Waals surface area (Å²) >= 11 is 0. The SMILES string of the molecule is COc1ccnc(N=C/C(=C\N)C(=O)Nc2ccc(-c3ccccc3)cc2)c1. The van der Waals surface area contributed by atoms with Gasteiger partial charge in [0.25, 0.3) is 5.91 Å². The van der Waals surface area contributed by atoms with Gasteiger partial charge in [-0.2, -0.15) is 0 Å². The van der Waals surface area contributed by atoms with Crippen molar-refractivity contribution >= 4 is 23.6 Å². The van der Waals surface area contributed by atoms with Crippen LogP contribution in [0.3, 0.4) is 0 Å². The number of hydrogen-bond acceptors (Lipinski definition) is 5. The number of pyridine rings is 1. The van der Waals surface area contributed by atoms with E-state index in [-0.39, 0.29) is 11.5 Å². The van der Waals surface area contributed by atoms with Crippen molar-refractivity contribution in [3.05, 3.63) is 84.7 Å². The van der Waals surface area contributed by atoms with Gasteiger partial charge in [-0.1, -0.05) is 42.5 Å². The number of nitrogens with two attached hydrogens (primary N) is 1. The molecule has 0 saturated carbocycles. The predicted molar refractivity (Wildman–Crippen MR) is 112 cm³/mol. The Morgan fingerprint density at radius 1 is 1.07 bits per heavy atom. The molecule has 0 radical (unpaired) electrons. The van der Waals surface area contributed by atoms with Crippen LogP contribution in [0.25, 0.3) is 11.1 Å². The van der Waals surface area contributed by atoms with E-state index in [2.05, 4.69) is 15.3 Å². The molecule has 0 aliphatic carbocycles. The largest absolute Gasteiger partial charge is 0.497 e. The minimum Gasteiger partial charge on any atom is -0.497 e. The highest BCUT2D eigenvalue weighted by atomic mass is 16.5. The number of aliphatic imine (C=N–C) groups is 1. The second-order valence-electron chi connectivity index (χ2n) is 5.83. The van der Waals surface area contributed by atoms with Crippen molar-refractivity contribution in [3.8, 4) is 16.9 Å². The van der Waals surface area contributed by atoms with Gasteiger partial charge in [0.2, 0.25) is 0 Å². The Kier molecular flexibility index (Phi) is 6.15. The van der Waals surface area contributed by atoms with E-state index in [1.807, 2.05) is 54.6 Å². The van der Waals surface area contributed by atoms with Crippen molar-refractivity contribution in [2.75, 3.05) is 12.4 Å². The number of carbonyl (C=O) groups is 1. The van der Waals surface area contributed by atoms with E-state index in [0.717, 1.165) is 11.1 Å². The lowest BCUT2D eigenvalue weighted by atomic mass is 10.1. The Labute approximate surface area is 163 Å². The summed E-state index contributed by atoms with van der Waals surface area (Å²) in [4.78, 5) is 20.7. The van der Waals surface area contributed by atoms with E-state index in [0.29, 0.717) is 17.3 Å². The molecule has 6 nitrogen and oxygen atoms in total. The summed E-state index contributed by atoms with van der Waals surface area (Å²) in [6, 6.07) is 21.0. The van der Waals surface area contributed by atoms with Crippen LogP contribution in [-0.2, 0) is 4.79 Å². The van der Waals surface area contributed by atoms with Crippen LogP contribution in [0.5, 0.6) is 5.75 Å². The van der Waals surface area contributed by atoms with Crippen molar-refractivity contribution < 1.29 is 9.53 Å². The van der Waals surface area contributed by atoms with Gasteiger partial charge >= 0.3 is 0 Å². The molecule has 0 fully saturated rings. The smallest absolute Gasteiger partial charge is 0.258 e. The first kappa shape index (κ1) is 18.8. The Hall–Kier alpha value is -3.93. The quantitative estimate of drug-likeness (QED) is 0.507. The number of carbonyl (C=O) groups excluding carboxylic acids is 1. The van der Waals surface area contributed by atoms with Gasteiger partial charge in [0.1, 0.15) is 5.75 Å². The molecule has 0 unspecified atom stereocenters. The lowest BCUT2D eigenvalue weighted by Crippen LogP contribution is -2.16. The number of aromatic nitrogens is 1. The maximum Gasteiger partial charge on any atom is 0.258 e. The summed E-state index contributed by atoms with van der Waals surface area (Å²) in [5.41, 5.74) is 8.65. The number of nitrogens with zero attached hydrogens (tertiary/aromatic N) is 2. The van der Waals surface area contributed by atoms with Crippen molar-refractivity contribution in [2.45, 2.75) is 0 Å². The van der Waals surface area contributed by atoms with Gasteiger partial charge < -0.3 is 15.8 Å². The maximum absolute atomic E-state index is 12.4. The molecule has 0 aliphatic rings.